The zero-order valence-electron chi connectivity index (χ0n) is 8.70. The number of hydrogen-bond acceptors (Lipinski definition) is 3. The summed E-state index contributed by atoms with van der Waals surface area (Å²) < 4.78 is 1.73. The van der Waals surface area contributed by atoms with E-state index in [9.17, 15) is 5.11 Å². The van der Waals surface area contributed by atoms with Crippen LogP contribution in [0.25, 0.3) is 0 Å². The van der Waals surface area contributed by atoms with Crippen molar-refractivity contribution in [3.05, 3.63) is 17.5 Å². The zero-order valence-corrected chi connectivity index (χ0v) is 8.70. The second kappa shape index (κ2) is 3.07. The third-order valence-corrected chi connectivity index (χ3v) is 3.04. The van der Waals surface area contributed by atoms with Crippen LogP contribution in [0.2, 0.25) is 0 Å². The molecule has 3 N–H and O–H groups in total. The molecule has 0 saturated heterocycles. The minimum Gasteiger partial charge on any atom is -0.383 e. The summed E-state index contributed by atoms with van der Waals surface area (Å²) in [5.74, 6) is 0.329. The van der Waals surface area contributed by atoms with Crippen molar-refractivity contribution >= 4 is 0 Å². The molecule has 0 aromatic carbocycles. The molecule has 0 radical (unpaired) electrons. The Labute approximate surface area is 83.7 Å². The van der Waals surface area contributed by atoms with Gasteiger partial charge in [-0.25, -0.2) is 0 Å². The molecule has 1 aliphatic rings. The smallest absolute Gasteiger partial charge is 0.108 e. The summed E-state index contributed by atoms with van der Waals surface area (Å²) in [5, 5.41) is 14.7. The van der Waals surface area contributed by atoms with Gasteiger partial charge in [0.15, 0.2) is 0 Å². The summed E-state index contributed by atoms with van der Waals surface area (Å²) in [6.45, 7) is 2.20. The van der Waals surface area contributed by atoms with Gasteiger partial charge in [-0.3, -0.25) is 4.68 Å². The number of rotatable bonds is 3. The molecule has 0 bridgehead atoms. The zero-order chi connectivity index (χ0) is 10.3. The van der Waals surface area contributed by atoms with Crippen molar-refractivity contribution in [1.29, 1.82) is 0 Å². The van der Waals surface area contributed by atoms with Gasteiger partial charge in [-0.1, -0.05) is 0 Å². The van der Waals surface area contributed by atoms with Gasteiger partial charge in [0.1, 0.15) is 5.60 Å². The molecule has 78 valence electrons. The van der Waals surface area contributed by atoms with Gasteiger partial charge in [-0.15, -0.1) is 0 Å². The summed E-state index contributed by atoms with van der Waals surface area (Å²) in [4.78, 5) is 0. The average molecular weight is 195 g/mol. The molecule has 14 heavy (non-hydrogen) atoms. The number of aromatic nitrogens is 2. The lowest BCUT2D eigenvalue weighted by Crippen LogP contribution is -2.37. The van der Waals surface area contributed by atoms with Crippen molar-refractivity contribution in [3.63, 3.8) is 0 Å². The molecule has 1 saturated carbocycles. The highest BCUT2D eigenvalue weighted by atomic mass is 16.3. The molecule has 4 nitrogen and oxygen atoms in total. The van der Waals surface area contributed by atoms with E-state index in [1.54, 1.807) is 4.68 Å². The highest BCUT2D eigenvalue weighted by Gasteiger charge is 2.45. The van der Waals surface area contributed by atoms with E-state index in [4.69, 9.17) is 5.73 Å². The van der Waals surface area contributed by atoms with E-state index in [0.717, 1.165) is 24.1 Å². The molecular formula is C10H17N3O. The van der Waals surface area contributed by atoms with Crippen LogP contribution in [0.3, 0.4) is 0 Å². The first-order valence-corrected chi connectivity index (χ1v) is 5.01. The number of nitrogens with two attached hydrogens (primary N) is 1. The minimum absolute atomic E-state index is 0.282. The molecule has 1 heterocycles. The third-order valence-electron chi connectivity index (χ3n) is 3.04. The summed E-state index contributed by atoms with van der Waals surface area (Å²) in [6, 6.07) is 0. The molecule has 1 aliphatic carbocycles. The summed E-state index contributed by atoms with van der Waals surface area (Å²) in [5.41, 5.74) is 6.60. The number of aryl methyl sites for hydroxylation is 2. The van der Waals surface area contributed by atoms with E-state index in [1.165, 1.54) is 0 Å². The standard InChI is InChI=1S/C10H17N3O/c1-7-9(5-13(2)12-7)10(14,6-11)8-3-4-8/h5,8,14H,3-4,6,11H2,1-2H3. The van der Waals surface area contributed by atoms with E-state index in [2.05, 4.69) is 5.10 Å². The van der Waals surface area contributed by atoms with Crippen molar-refractivity contribution in [2.45, 2.75) is 25.4 Å². The van der Waals surface area contributed by atoms with Crippen LogP contribution in [-0.4, -0.2) is 21.4 Å². The summed E-state index contributed by atoms with van der Waals surface area (Å²) >= 11 is 0. The monoisotopic (exact) mass is 195 g/mol. The Morgan fingerprint density at radius 3 is 2.71 bits per heavy atom. The first kappa shape index (κ1) is 9.68. The fourth-order valence-corrected chi connectivity index (χ4v) is 2.08. The van der Waals surface area contributed by atoms with Crippen molar-refractivity contribution in [2.75, 3.05) is 6.54 Å². The molecule has 0 aliphatic heterocycles. The Kier molecular flexibility index (Phi) is 2.12. The number of aliphatic hydroxyl groups is 1. The topological polar surface area (TPSA) is 64.1 Å². The van der Waals surface area contributed by atoms with Gasteiger partial charge >= 0.3 is 0 Å². The Bertz CT molecular complexity index is 343. The van der Waals surface area contributed by atoms with E-state index in [0.29, 0.717) is 5.92 Å². The van der Waals surface area contributed by atoms with Crippen LogP contribution >= 0.6 is 0 Å². The SMILES string of the molecule is Cc1nn(C)cc1C(O)(CN)C1CC1. The van der Waals surface area contributed by atoms with Crippen LogP contribution in [0.5, 0.6) is 0 Å². The third kappa shape index (κ3) is 1.35. The maximum absolute atomic E-state index is 10.4. The lowest BCUT2D eigenvalue weighted by molar-refractivity contribution is 0.0216. The van der Waals surface area contributed by atoms with Gasteiger partial charge in [0.25, 0.3) is 0 Å². The van der Waals surface area contributed by atoms with E-state index < -0.39 is 5.60 Å². The van der Waals surface area contributed by atoms with Crippen LogP contribution in [0.15, 0.2) is 6.20 Å². The highest BCUT2D eigenvalue weighted by molar-refractivity contribution is 5.26. The molecule has 0 spiro atoms. The van der Waals surface area contributed by atoms with Gasteiger partial charge < -0.3 is 10.8 Å². The Morgan fingerprint density at radius 1 is 1.71 bits per heavy atom. The lowest BCUT2D eigenvalue weighted by atomic mass is 9.89. The first-order valence-electron chi connectivity index (χ1n) is 5.01. The van der Waals surface area contributed by atoms with Gasteiger partial charge in [-0.05, 0) is 25.7 Å². The second-order valence-electron chi connectivity index (χ2n) is 4.20. The Balaban J connectivity index is 2.39. The lowest BCUT2D eigenvalue weighted by Gasteiger charge is -2.25. The van der Waals surface area contributed by atoms with Crippen molar-refractivity contribution < 1.29 is 5.11 Å². The molecule has 4 heteroatoms. The van der Waals surface area contributed by atoms with Gasteiger partial charge in [0, 0.05) is 25.4 Å². The fourth-order valence-electron chi connectivity index (χ4n) is 2.08. The van der Waals surface area contributed by atoms with Crippen molar-refractivity contribution in [2.24, 2.45) is 18.7 Å². The van der Waals surface area contributed by atoms with Crippen LogP contribution in [0.4, 0.5) is 0 Å². The molecular weight excluding hydrogens is 178 g/mol. The van der Waals surface area contributed by atoms with Crippen molar-refractivity contribution in [1.82, 2.24) is 9.78 Å². The molecule has 2 rings (SSSR count). The number of hydrogen-bond donors (Lipinski definition) is 2. The molecule has 1 fully saturated rings. The van der Waals surface area contributed by atoms with Gasteiger partial charge in [-0.2, -0.15) is 5.10 Å². The molecule has 1 unspecified atom stereocenters. The fraction of sp³-hybridized carbons (Fsp3) is 0.700. The van der Waals surface area contributed by atoms with E-state index in [-0.39, 0.29) is 6.54 Å². The maximum atomic E-state index is 10.4. The predicted molar refractivity (Wildman–Crippen MR) is 53.6 cm³/mol. The molecule has 1 aromatic heterocycles. The molecule has 1 aromatic rings. The van der Waals surface area contributed by atoms with Gasteiger partial charge in [0.2, 0.25) is 0 Å². The highest BCUT2D eigenvalue weighted by Crippen LogP contribution is 2.45. The van der Waals surface area contributed by atoms with Crippen LogP contribution in [-0.2, 0) is 12.6 Å². The van der Waals surface area contributed by atoms with E-state index in [1.807, 2.05) is 20.2 Å². The van der Waals surface area contributed by atoms with Crippen LogP contribution in [0, 0.1) is 12.8 Å². The molecule has 0 amide bonds. The normalized spacial score (nSPS) is 20.9. The largest absolute Gasteiger partial charge is 0.383 e. The minimum atomic E-state index is -0.849. The quantitative estimate of drug-likeness (QED) is 0.728. The predicted octanol–water partition coefficient (Wildman–Crippen LogP) is 0.285. The van der Waals surface area contributed by atoms with Crippen LogP contribution < -0.4 is 5.73 Å². The first-order chi connectivity index (χ1) is 6.58. The Morgan fingerprint density at radius 2 is 2.36 bits per heavy atom. The second-order valence-corrected chi connectivity index (χ2v) is 4.20. The van der Waals surface area contributed by atoms with Crippen molar-refractivity contribution in [3.8, 4) is 0 Å². The Hall–Kier alpha value is -0.870. The number of nitrogens with zero attached hydrogens (tertiary/aromatic N) is 2. The summed E-state index contributed by atoms with van der Waals surface area (Å²) in [7, 11) is 1.86. The van der Waals surface area contributed by atoms with Gasteiger partial charge in [0.05, 0.1) is 5.69 Å². The summed E-state index contributed by atoms with van der Waals surface area (Å²) in [6.07, 6.45) is 4.02. The van der Waals surface area contributed by atoms with E-state index >= 15 is 0 Å². The molecule has 1 atom stereocenters. The van der Waals surface area contributed by atoms with Crippen LogP contribution in [0.1, 0.15) is 24.1 Å². The average Bonchev–Trinajstić information content (AvgIpc) is 2.92. The maximum Gasteiger partial charge on any atom is 0.108 e.